The lowest BCUT2D eigenvalue weighted by molar-refractivity contribution is -0.0975. The summed E-state index contributed by atoms with van der Waals surface area (Å²) in [5, 5.41) is 10.6. The second-order valence-electron chi connectivity index (χ2n) is 5.09. The van der Waals surface area contributed by atoms with E-state index in [-0.39, 0.29) is 5.60 Å². The molecule has 0 aromatic heterocycles. The van der Waals surface area contributed by atoms with Gasteiger partial charge in [0.2, 0.25) is 0 Å². The third-order valence-electron chi connectivity index (χ3n) is 4.09. The molecular weight excluding hydrogens is 160 g/mol. The average molecular weight is 184 g/mol. The highest BCUT2D eigenvalue weighted by Crippen LogP contribution is 2.42. The van der Waals surface area contributed by atoms with Crippen molar-refractivity contribution in [3.8, 4) is 0 Å². The Morgan fingerprint density at radius 3 is 2.54 bits per heavy atom. The van der Waals surface area contributed by atoms with Gasteiger partial charge in [-0.3, -0.25) is 0 Å². The van der Waals surface area contributed by atoms with Crippen LogP contribution in [0.15, 0.2) is 0 Å². The molecule has 0 radical (unpaired) electrons. The van der Waals surface area contributed by atoms with Gasteiger partial charge in [0.25, 0.3) is 0 Å². The van der Waals surface area contributed by atoms with Crippen molar-refractivity contribution >= 4 is 0 Å². The third kappa shape index (κ3) is 2.07. The summed E-state index contributed by atoms with van der Waals surface area (Å²) in [6.07, 6.45) is 4.58. The van der Waals surface area contributed by atoms with Gasteiger partial charge in [-0.2, -0.15) is 0 Å². The van der Waals surface area contributed by atoms with Crippen LogP contribution in [0.2, 0.25) is 0 Å². The van der Waals surface area contributed by atoms with E-state index in [1.807, 2.05) is 0 Å². The first-order valence-corrected chi connectivity index (χ1v) is 5.73. The molecule has 1 N–H and O–H groups in total. The average Bonchev–Trinajstić information content (AvgIpc) is 2.10. The van der Waals surface area contributed by atoms with Crippen LogP contribution in [0.1, 0.15) is 53.4 Å². The van der Waals surface area contributed by atoms with Gasteiger partial charge in [-0.15, -0.1) is 0 Å². The molecular formula is C12H24O. The first-order chi connectivity index (χ1) is 6.00. The summed E-state index contributed by atoms with van der Waals surface area (Å²) in [4.78, 5) is 0. The fourth-order valence-electron chi connectivity index (χ4n) is 2.69. The van der Waals surface area contributed by atoms with E-state index in [1.54, 1.807) is 0 Å². The van der Waals surface area contributed by atoms with E-state index in [0.29, 0.717) is 17.8 Å². The number of aliphatic hydroxyl groups is 1. The molecule has 0 spiro atoms. The molecule has 0 heterocycles. The molecule has 0 aromatic rings. The minimum absolute atomic E-state index is 0.383. The van der Waals surface area contributed by atoms with Crippen LogP contribution in [-0.2, 0) is 0 Å². The lowest BCUT2D eigenvalue weighted by atomic mass is 9.66. The highest BCUT2D eigenvalue weighted by Gasteiger charge is 2.41. The standard InChI is InChI=1S/C12H24O/c1-5-10(3)12(13)8-9(2)6-7-11(12)4/h9-11,13H,5-8H2,1-4H3. The molecule has 1 rings (SSSR count). The summed E-state index contributed by atoms with van der Waals surface area (Å²) in [6, 6.07) is 0. The normalized spacial score (nSPS) is 43.2. The molecule has 0 saturated heterocycles. The van der Waals surface area contributed by atoms with Gasteiger partial charge in [-0.05, 0) is 30.6 Å². The number of rotatable bonds is 2. The Morgan fingerprint density at radius 2 is 2.00 bits per heavy atom. The number of hydrogen-bond donors (Lipinski definition) is 1. The van der Waals surface area contributed by atoms with Gasteiger partial charge in [-0.25, -0.2) is 0 Å². The molecule has 0 aromatic carbocycles. The molecule has 4 unspecified atom stereocenters. The zero-order chi connectivity index (χ0) is 10.1. The zero-order valence-electron chi connectivity index (χ0n) is 9.51. The van der Waals surface area contributed by atoms with Crippen LogP contribution in [-0.4, -0.2) is 10.7 Å². The maximum Gasteiger partial charge on any atom is 0.0701 e. The Morgan fingerprint density at radius 1 is 1.38 bits per heavy atom. The highest BCUT2D eigenvalue weighted by molar-refractivity contribution is 4.93. The van der Waals surface area contributed by atoms with Crippen molar-refractivity contribution in [1.29, 1.82) is 0 Å². The molecule has 1 aliphatic rings. The van der Waals surface area contributed by atoms with Crippen molar-refractivity contribution in [2.24, 2.45) is 17.8 Å². The SMILES string of the molecule is CCC(C)C1(O)CC(C)CCC1C. The summed E-state index contributed by atoms with van der Waals surface area (Å²) in [5.41, 5.74) is -0.383. The minimum atomic E-state index is -0.383. The van der Waals surface area contributed by atoms with Gasteiger partial charge < -0.3 is 5.11 Å². The zero-order valence-corrected chi connectivity index (χ0v) is 9.51. The van der Waals surface area contributed by atoms with Gasteiger partial charge in [0.15, 0.2) is 0 Å². The second-order valence-corrected chi connectivity index (χ2v) is 5.09. The smallest absolute Gasteiger partial charge is 0.0701 e. The quantitative estimate of drug-likeness (QED) is 0.698. The first-order valence-electron chi connectivity index (χ1n) is 5.73. The Kier molecular flexibility index (Phi) is 3.39. The predicted octanol–water partition coefficient (Wildman–Crippen LogP) is 3.22. The Bertz CT molecular complexity index is 161. The fraction of sp³-hybridized carbons (Fsp3) is 1.00. The van der Waals surface area contributed by atoms with Crippen LogP contribution in [0.25, 0.3) is 0 Å². The maximum absolute atomic E-state index is 10.6. The van der Waals surface area contributed by atoms with E-state index in [0.717, 1.165) is 12.8 Å². The summed E-state index contributed by atoms with van der Waals surface area (Å²) in [7, 11) is 0. The van der Waals surface area contributed by atoms with Gasteiger partial charge in [0, 0.05) is 0 Å². The molecule has 0 amide bonds. The highest BCUT2D eigenvalue weighted by atomic mass is 16.3. The first kappa shape index (κ1) is 11.0. The summed E-state index contributed by atoms with van der Waals surface area (Å²) >= 11 is 0. The van der Waals surface area contributed by atoms with Gasteiger partial charge in [-0.1, -0.05) is 40.5 Å². The molecule has 4 atom stereocenters. The summed E-state index contributed by atoms with van der Waals surface area (Å²) < 4.78 is 0. The molecule has 1 heteroatoms. The second kappa shape index (κ2) is 4.00. The van der Waals surface area contributed by atoms with E-state index in [4.69, 9.17) is 0 Å². The molecule has 13 heavy (non-hydrogen) atoms. The summed E-state index contributed by atoms with van der Waals surface area (Å²) in [5.74, 6) is 1.64. The van der Waals surface area contributed by atoms with E-state index in [9.17, 15) is 5.11 Å². The van der Waals surface area contributed by atoms with Crippen LogP contribution < -0.4 is 0 Å². The van der Waals surface area contributed by atoms with Crippen LogP contribution in [0.4, 0.5) is 0 Å². The molecule has 1 fully saturated rings. The third-order valence-corrected chi connectivity index (χ3v) is 4.09. The summed E-state index contributed by atoms with van der Waals surface area (Å²) in [6.45, 7) is 8.83. The number of hydrogen-bond acceptors (Lipinski definition) is 1. The Hall–Kier alpha value is -0.0400. The van der Waals surface area contributed by atoms with Crippen molar-refractivity contribution < 1.29 is 5.11 Å². The van der Waals surface area contributed by atoms with Crippen molar-refractivity contribution in [2.45, 2.75) is 59.0 Å². The molecule has 1 aliphatic carbocycles. The maximum atomic E-state index is 10.6. The molecule has 0 aliphatic heterocycles. The van der Waals surface area contributed by atoms with E-state index in [1.165, 1.54) is 12.8 Å². The van der Waals surface area contributed by atoms with Crippen molar-refractivity contribution in [3.63, 3.8) is 0 Å². The van der Waals surface area contributed by atoms with Crippen molar-refractivity contribution in [2.75, 3.05) is 0 Å². The van der Waals surface area contributed by atoms with Gasteiger partial charge in [0.05, 0.1) is 5.60 Å². The molecule has 78 valence electrons. The lowest BCUT2D eigenvalue weighted by Gasteiger charge is -2.45. The largest absolute Gasteiger partial charge is 0.389 e. The monoisotopic (exact) mass is 184 g/mol. The molecule has 1 saturated carbocycles. The van der Waals surface area contributed by atoms with E-state index >= 15 is 0 Å². The molecule has 1 nitrogen and oxygen atoms in total. The Labute approximate surface area is 82.5 Å². The lowest BCUT2D eigenvalue weighted by Crippen LogP contribution is -2.46. The fourth-order valence-corrected chi connectivity index (χ4v) is 2.69. The van der Waals surface area contributed by atoms with Crippen molar-refractivity contribution in [1.82, 2.24) is 0 Å². The van der Waals surface area contributed by atoms with E-state index in [2.05, 4.69) is 27.7 Å². The molecule has 0 bridgehead atoms. The van der Waals surface area contributed by atoms with Crippen LogP contribution >= 0.6 is 0 Å². The van der Waals surface area contributed by atoms with E-state index < -0.39 is 0 Å². The topological polar surface area (TPSA) is 20.2 Å². The van der Waals surface area contributed by atoms with Crippen LogP contribution in [0.3, 0.4) is 0 Å². The van der Waals surface area contributed by atoms with Gasteiger partial charge in [0.1, 0.15) is 0 Å². The van der Waals surface area contributed by atoms with Crippen molar-refractivity contribution in [3.05, 3.63) is 0 Å². The van der Waals surface area contributed by atoms with Gasteiger partial charge >= 0.3 is 0 Å². The van der Waals surface area contributed by atoms with Crippen LogP contribution in [0.5, 0.6) is 0 Å². The Balaban J connectivity index is 2.72. The predicted molar refractivity (Wildman–Crippen MR) is 56.6 cm³/mol. The van der Waals surface area contributed by atoms with Crippen LogP contribution in [0, 0.1) is 17.8 Å². The minimum Gasteiger partial charge on any atom is -0.389 e.